The van der Waals surface area contributed by atoms with E-state index in [0.717, 1.165) is 32.1 Å². The molecule has 9 heteroatoms. The number of hydrogen-bond acceptors (Lipinski definition) is 9. The maximum Gasteiger partial charge on any atom is 0.306 e. The molecule has 0 saturated carbocycles. The number of carbonyl (C=O) groups excluding carboxylic acids is 1. The summed E-state index contributed by atoms with van der Waals surface area (Å²) in [6.45, 7) is 4.59. The van der Waals surface area contributed by atoms with Gasteiger partial charge in [0.15, 0.2) is 6.29 Å². The summed E-state index contributed by atoms with van der Waals surface area (Å²) in [5, 5.41) is 40.2. The van der Waals surface area contributed by atoms with Gasteiger partial charge in [0.2, 0.25) is 0 Å². The highest BCUT2D eigenvalue weighted by molar-refractivity contribution is 5.69. The van der Waals surface area contributed by atoms with E-state index in [1.165, 1.54) is 180 Å². The molecule has 1 aliphatic heterocycles. The van der Waals surface area contributed by atoms with Gasteiger partial charge in [-0.2, -0.15) is 0 Å². The summed E-state index contributed by atoms with van der Waals surface area (Å²) in [7, 11) is 0. The molecule has 0 aromatic rings. The van der Waals surface area contributed by atoms with E-state index in [-0.39, 0.29) is 19.2 Å². The summed E-state index contributed by atoms with van der Waals surface area (Å²) in [6.07, 6.45) is 39.5. The topological polar surface area (TPSA) is 135 Å². The number of aliphatic hydroxyl groups is 4. The van der Waals surface area contributed by atoms with E-state index in [1.807, 2.05) is 0 Å². The average Bonchev–Trinajstić information content (AvgIpc) is 3.22. The molecule has 0 aromatic carbocycles. The van der Waals surface area contributed by atoms with E-state index in [1.54, 1.807) is 0 Å². The molecule has 0 amide bonds. The van der Waals surface area contributed by atoms with Crippen molar-refractivity contribution < 1.29 is 44.2 Å². The number of allylic oxidation sites excluding steroid dienone is 2. The van der Waals surface area contributed by atoms with Crippen LogP contribution in [0.5, 0.6) is 0 Å². The smallest absolute Gasteiger partial charge is 0.306 e. The summed E-state index contributed by atoms with van der Waals surface area (Å²) in [4.78, 5) is 12.8. The lowest BCUT2D eigenvalue weighted by molar-refractivity contribution is -0.305. The summed E-state index contributed by atoms with van der Waals surface area (Å²) in [5.41, 5.74) is 0. The second-order valence-corrected chi connectivity index (χ2v) is 17.3. The van der Waals surface area contributed by atoms with Gasteiger partial charge in [-0.05, 0) is 38.5 Å². The Hall–Kier alpha value is -1.07. The van der Waals surface area contributed by atoms with E-state index in [0.29, 0.717) is 13.0 Å². The van der Waals surface area contributed by atoms with Crippen molar-refractivity contribution in [3.63, 3.8) is 0 Å². The SMILES string of the molecule is CCCCCCCCC/C=C\CCCCCCCCOCC(COC1OC(CO)C(O)C(O)C1O)OC(=O)CCCCCCCCCCCCCCCCCCCC. The fraction of sp³-hybridized carbons (Fsp3) is 0.939. The van der Waals surface area contributed by atoms with Gasteiger partial charge < -0.3 is 39.4 Å². The molecule has 1 rings (SSSR count). The van der Waals surface area contributed by atoms with Gasteiger partial charge in [0.05, 0.1) is 19.8 Å². The fourth-order valence-corrected chi connectivity index (χ4v) is 7.78. The van der Waals surface area contributed by atoms with Crippen molar-refractivity contribution in [1.29, 1.82) is 0 Å². The number of unbranched alkanes of at least 4 members (excludes halogenated alkanes) is 30. The van der Waals surface area contributed by atoms with Gasteiger partial charge in [-0.3, -0.25) is 4.79 Å². The van der Waals surface area contributed by atoms with Crippen LogP contribution in [-0.4, -0.2) is 89.6 Å². The zero-order chi connectivity index (χ0) is 42.2. The van der Waals surface area contributed by atoms with Crippen molar-refractivity contribution in [3.05, 3.63) is 12.2 Å². The minimum atomic E-state index is -1.53. The highest BCUT2D eigenvalue weighted by Gasteiger charge is 2.44. The van der Waals surface area contributed by atoms with Crippen LogP contribution in [0, 0.1) is 0 Å². The van der Waals surface area contributed by atoms with Crippen LogP contribution < -0.4 is 0 Å². The van der Waals surface area contributed by atoms with Crippen molar-refractivity contribution in [2.45, 2.75) is 269 Å². The summed E-state index contributed by atoms with van der Waals surface area (Å²) >= 11 is 0. The summed E-state index contributed by atoms with van der Waals surface area (Å²) in [5.74, 6) is -0.310. The Balaban J connectivity index is 2.21. The van der Waals surface area contributed by atoms with Crippen molar-refractivity contribution in [3.8, 4) is 0 Å². The van der Waals surface area contributed by atoms with Gasteiger partial charge in [-0.25, -0.2) is 0 Å². The Labute approximate surface area is 356 Å². The van der Waals surface area contributed by atoms with E-state index >= 15 is 0 Å². The van der Waals surface area contributed by atoms with Gasteiger partial charge in [-0.1, -0.05) is 199 Å². The highest BCUT2D eigenvalue weighted by atomic mass is 16.7. The van der Waals surface area contributed by atoms with Crippen LogP contribution in [0.2, 0.25) is 0 Å². The summed E-state index contributed by atoms with van der Waals surface area (Å²) < 4.78 is 22.9. The second-order valence-electron chi connectivity index (χ2n) is 17.3. The van der Waals surface area contributed by atoms with Crippen LogP contribution in [-0.2, 0) is 23.7 Å². The minimum absolute atomic E-state index is 0.110. The number of carbonyl (C=O) groups is 1. The maximum absolute atomic E-state index is 12.8. The minimum Gasteiger partial charge on any atom is -0.457 e. The Bertz CT molecular complexity index is 899. The number of hydrogen-bond donors (Lipinski definition) is 4. The van der Waals surface area contributed by atoms with Gasteiger partial charge in [0, 0.05) is 13.0 Å². The van der Waals surface area contributed by atoms with Gasteiger partial charge in [0.1, 0.15) is 30.5 Å². The van der Waals surface area contributed by atoms with Gasteiger partial charge in [0.25, 0.3) is 0 Å². The lowest BCUT2D eigenvalue weighted by Crippen LogP contribution is -2.59. The molecule has 1 heterocycles. The first-order chi connectivity index (χ1) is 28.4. The zero-order valence-electron chi connectivity index (χ0n) is 37.8. The van der Waals surface area contributed by atoms with Crippen LogP contribution in [0.25, 0.3) is 0 Å². The standard InChI is InChI=1S/C49H94O9/c1-3-5-7-9-11-13-15-17-19-21-22-24-26-28-30-32-34-36-38-45(51)57-43(42-56-49-48(54)47(53)46(52)44(40-50)58-49)41-55-39-37-35-33-31-29-27-25-23-20-18-16-14-12-10-8-6-4-2/h20,23,43-44,46-50,52-54H,3-19,21-22,24-42H2,1-2H3/b23-20-. The average molecular weight is 827 g/mol. The van der Waals surface area contributed by atoms with Crippen LogP contribution in [0.3, 0.4) is 0 Å². The predicted molar refractivity (Wildman–Crippen MR) is 238 cm³/mol. The molecular formula is C49H94O9. The molecule has 0 bridgehead atoms. The number of ether oxygens (including phenoxy) is 4. The molecule has 6 unspecified atom stereocenters. The maximum atomic E-state index is 12.8. The second kappa shape index (κ2) is 41.3. The first-order valence-corrected chi connectivity index (χ1v) is 24.8. The Morgan fingerprint density at radius 3 is 1.40 bits per heavy atom. The molecule has 1 fully saturated rings. The molecule has 0 aliphatic carbocycles. The van der Waals surface area contributed by atoms with Gasteiger partial charge >= 0.3 is 5.97 Å². The Kier molecular flexibility index (Phi) is 39.1. The monoisotopic (exact) mass is 827 g/mol. The lowest BCUT2D eigenvalue weighted by atomic mass is 9.99. The molecule has 0 spiro atoms. The van der Waals surface area contributed by atoms with Crippen LogP contribution in [0.4, 0.5) is 0 Å². The normalized spacial score (nSPS) is 20.3. The third-order valence-electron chi connectivity index (χ3n) is 11.7. The Morgan fingerprint density at radius 1 is 0.534 bits per heavy atom. The molecular weight excluding hydrogens is 733 g/mol. The molecule has 1 saturated heterocycles. The molecule has 344 valence electrons. The molecule has 0 aromatic heterocycles. The largest absolute Gasteiger partial charge is 0.457 e. The Morgan fingerprint density at radius 2 is 0.948 bits per heavy atom. The van der Waals surface area contributed by atoms with Crippen LogP contribution >= 0.6 is 0 Å². The third kappa shape index (κ3) is 31.8. The quantitative estimate of drug-likeness (QED) is 0.0269. The first kappa shape index (κ1) is 54.9. The highest BCUT2D eigenvalue weighted by Crippen LogP contribution is 2.23. The first-order valence-electron chi connectivity index (χ1n) is 24.8. The van der Waals surface area contributed by atoms with E-state index in [2.05, 4.69) is 26.0 Å². The molecule has 1 aliphatic rings. The van der Waals surface area contributed by atoms with Crippen molar-refractivity contribution >= 4 is 5.97 Å². The predicted octanol–water partition coefficient (Wildman–Crippen LogP) is 11.6. The van der Waals surface area contributed by atoms with E-state index < -0.39 is 43.4 Å². The van der Waals surface area contributed by atoms with Crippen molar-refractivity contribution in [2.24, 2.45) is 0 Å². The number of rotatable bonds is 43. The van der Waals surface area contributed by atoms with Crippen molar-refractivity contribution in [1.82, 2.24) is 0 Å². The molecule has 6 atom stereocenters. The molecule has 58 heavy (non-hydrogen) atoms. The van der Waals surface area contributed by atoms with E-state index in [4.69, 9.17) is 18.9 Å². The number of aliphatic hydroxyl groups excluding tert-OH is 4. The third-order valence-corrected chi connectivity index (χ3v) is 11.7. The summed E-state index contributed by atoms with van der Waals surface area (Å²) in [6, 6.07) is 0. The van der Waals surface area contributed by atoms with Crippen molar-refractivity contribution in [2.75, 3.05) is 26.4 Å². The van der Waals surface area contributed by atoms with Crippen LogP contribution in [0.15, 0.2) is 12.2 Å². The van der Waals surface area contributed by atoms with Gasteiger partial charge in [-0.15, -0.1) is 0 Å². The fourth-order valence-electron chi connectivity index (χ4n) is 7.78. The molecule has 4 N–H and O–H groups in total. The number of esters is 1. The van der Waals surface area contributed by atoms with E-state index in [9.17, 15) is 25.2 Å². The van der Waals surface area contributed by atoms with Crippen LogP contribution in [0.1, 0.15) is 232 Å². The zero-order valence-corrected chi connectivity index (χ0v) is 37.8. The molecule has 0 radical (unpaired) electrons. The molecule has 9 nitrogen and oxygen atoms in total. The lowest BCUT2D eigenvalue weighted by Gasteiger charge is -2.39.